The Balaban J connectivity index is 2.10. The number of halogens is 1. The Morgan fingerprint density at radius 2 is 2.24 bits per heavy atom. The number of benzene rings is 1. The van der Waals surface area contributed by atoms with Gasteiger partial charge in [-0.05, 0) is 25.0 Å². The molecule has 1 unspecified atom stereocenters. The molecule has 0 N–H and O–H groups in total. The molecule has 0 amide bonds. The summed E-state index contributed by atoms with van der Waals surface area (Å²) in [5, 5.41) is 8.69. The zero-order valence-electron chi connectivity index (χ0n) is 9.73. The largest absolute Gasteiger partial charge is 0.311 e. The van der Waals surface area contributed by atoms with Gasteiger partial charge in [0.25, 0.3) is 0 Å². The summed E-state index contributed by atoms with van der Waals surface area (Å²) in [6.45, 7) is 3.26. The molecule has 0 spiro atoms. The molecule has 1 aromatic heterocycles. The molecule has 0 radical (unpaired) electrons. The molecule has 0 fully saturated rings. The molecular formula is C13H14BrN3. The third-order valence-corrected chi connectivity index (χ3v) is 3.82. The van der Waals surface area contributed by atoms with Gasteiger partial charge in [-0.2, -0.15) is 0 Å². The molecule has 17 heavy (non-hydrogen) atoms. The summed E-state index contributed by atoms with van der Waals surface area (Å²) in [6, 6.07) is 8.24. The Bertz CT molecular complexity index is 547. The van der Waals surface area contributed by atoms with Gasteiger partial charge in [-0.3, -0.25) is 0 Å². The van der Waals surface area contributed by atoms with Crippen LogP contribution < -0.4 is 0 Å². The summed E-state index contributed by atoms with van der Waals surface area (Å²) >= 11 is 3.50. The summed E-state index contributed by atoms with van der Waals surface area (Å²) in [6.07, 6.45) is 2.43. The Labute approximate surface area is 109 Å². The topological polar surface area (TPSA) is 30.7 Å². The van der Waals surface area contributed by atoms with Crippen LogP contribution in [0.25, 0.3) is 11.4 Å². The van der Waals surface area contributed by atoms with Gasteiger partial charge in [0.2, 0.25) is 0 Å². The molecule has 0 saturated heterocycles. The zero-order valence-corrected chi connectivity index (χ0v) is 11.3. The fourth-order valence-electron chi connectivity index (χ4n) is 2.43. The highest BCUT2D eigenvalue weighted by Crippen LogP contribution is 2.30. The van der Waals surface area contributed by atoms with E-state index in [1.54, 1.807) is 0 Å². The fraction of sp³-hybridized carbons (Fsp3) is 0.385. The van der Waals surface area contributed by atoms with Gasteiger partial charge < -0.3 is 4.57 Å². The minimum Gasteiger partial charge on any atom is -0.311 e. The van der Waals surface area contributed by atoms with Crippen LogP contribution in [-0.2, 0) is 6.54 Å². The first-order valence-corrected chi connectivity index (χ1v) is 6.74. The molecule has 0 aliphatic carbocycles. The SMILES string of the molecule is CC1CCCn2c(-c3cccc(Br)c3)nnc21. The summed E-state index contributed by atoms with van der Waals surface area (Å²) in [4.78, 5) is 0. The van der Waals surface area contributed by atoms with Crippen molar-refractivity contribution in [2.24, 2.45) is 0 Å². The van der Waals surface area contributed by atoms with E-state index in [1.165, 1.54) is 12.8 Å². The first kappa shape index (κ1) is 11.0. The van der Waals surface area contributed by atoms with E-state index in [-0.39, 0.29) is 0 Å². The van der Waals surface area contributed by atoms with Gasteiger partial charge in [-0.15, -0.1) is 10.2 Å². The van der Waals surface area contributed by atoms with Crippen molar-refractivity contribution in [2.45, 2.75) is 32.2 Å². The molecule has 0 saturated carbocycles. The van der Waals surface area contributed by atoms with Crippen LogP contribution in [0.1, 0.15) is 31.5 Å². The lowest BCUT2D eigenvalue weighted by atomic mass is 10.0. The highest BCUT2D eigenvalue weighted by Gasteiger charge is 2.22. The lowest BCUT2D eigenvalue weighted by Crippen LogP contribution is -2.14. The number of fused-ring (bicyclic) bond motifs is 1. The van der Waals surface area contributed by atoms with Crippen LogP contribution in [0.3, 0.4) is 0 Å². The number of hydrogen-bond acceptors (Lipinski definition) is 2. The van der Waals surface area contributed by atoms with Crippen molar-refractivity contribution < 1.29 is 0 Å². The summed E-state index contributed by atoms with van der Waals surface area (Å²) < 4.78 is 3.34. The molecule has 2 heterocycles. The molecule has 0 bridgehead atoms. The predicted octanol–water partition coefficient (Wildman–Crippen LogP) is 3.60. The smallest absolute Gasteiger partial charge is 0.164 e. The molecule has 3 rings (SSSR count). The molecule has 1 aliphatic heterocycles. The lowest BCUT2D eigenvalue weighted by Gasteiger charge is -2.20. The van der Waals surface area contributed by atoms with Gasteiger partial charge in [0.05, 0.1) is 0 Å². The molecular weight excluding hydrogens is 278 g/mol. The van der Waals surface area contributed by atoms with E-state index in [2.05, 4.69) is 49.8 Å². The van der Waals surface area contributed by atoms with Gasteiger partial charge in [-0.25, -0.2) is 0 Å². The second kappa shape index (κ2) is 4.26. The molecule has 4 heteroatoms. The second-order valence-electron chi connectivity index (χ2n) is 4.59. The normalized spacial score (nSPS) is 19.1. The van der Waals surface area contributed by atoms with Crippen molar-refractivity contribution >= 4 is 15.9 Å². The number of aromatic nitrogens is 3. The predicted molar refractivity (Wildman–Crippen MR) is 70.8 cm³/mol. The number of nitrogens with zero attached hydrogens (tertiary/aromatic N) is 3. The van der Waals surface area contributed by atoms with Crippen LogP contribution in [0.5, 0.6) is 0 Å². The van der Waals surface area contributed by atoms with Gasteiger partial charge >= 0.3 is 0 Å². The van der Waals surface area contributed by atoms with Crippen LogP contribution >= 0.6 is 15.9 Å². The molecule has 3 nitrogen and oxygen atoms in total. The average molecular weight is 292 g/mol. The van der Waals surface area contributed by atoms with E-state index < -0.39 is 0 Å². The van der Waals surface area contributed by atoms with E-state index in [4.69, 9.17) is 0 Å². The quantitative estimate of drug-likeness (QED) is 0.804. The third-order valence-electron chi connectivity index (χ3n) is 3.32. The Hall–Kier alpha value is -1.16. The minimum atomic E-state index is 0.525. The van der Waals surface area contributed by atoms with Crippen molar-refractivity contribution in [1.29, 1.82) is 0 Å². The Morgan fingerprint density at radius 3 is 3.06 bits per heavy atom. The third kappa shape index (κ3) is 1.90. The zero-order chi connectivity index (χ0) is 11.8. The summed E-state index contributed by atoms with van der Waals surface area (Å²) in [5.74, 6) is 2.65. The molecule has 1 atom stereocenters. The van der Waals surface area contributed by atoms with Crippen molar-refractivity contribution in [2.75, 3.05) is 0 Å². The maximum atomic E-state index is 4.35. The highest BCUT2D eigenvalue weighted by molar-refractivity contribution is 9.10. The maximum Gasteiger partial charge on any atom is 0.164 e. The first-order chi connectivity index (χ1) is 8.25. The molecule has 1 aliphatic rings. The standard InChI is InChI=1S/C13H14BrN3/c1-9-4-3-7-17-12(9)15-16-13(17)10-5-2-6-11(14)8-10/h2,5-6,8-9H,3-4,7H2,1H3. The van der Waals surface area contributed by atoms with Crippen LogP contribution in [-0.4, -0.2) is 14.8 Å². The monoisotopic (exact) mass is 291 g/mol. The van der Waals surface area contributed by atoms with E-state index >= 15 is 0 Å². The van der Waals surface area contributed by atoms with E-state index in [0.29, 0.717) is 5.92 Å². The highest BCUT2D eigenvalue weighted by atomic mass is 79.9. The van der Waals surface area contributed by atoms with E-state index in [1.807, 2.05) is 12.1 Å². The van der Waals surface area contributed by atoms with Crippen molar-refractivity contribution in [3.8, 4) is 11.4 Å². The van der Waals surface area contributed by atoms with Crippen molar-refractivity contribution in [1.82, 2.24) is 14.8 Å². The van der Waals surface area contributed by atoms with Crippen LogP contribution in [0.2, 0.25) is 0 Å². The lowest BCUT2D eigenvalue weighted by molar-refractivity contribution is 0.466. The van der Waals surface area contributed by atoms with Gasteiger partial charge in [0.15, 0.2) is 5.82 Å². The number of hydrogen-bond donors (Lipinski definition) is 0. The van der Waals surface area contributed by atoms with Crippen molar-refractivity contribution in [3.63, 3.8) is 0 Å². The molecule has 2 aromatic rings. The molecule has 1 aromatic carbocycles. The first-order valence-electron chi connectivity index (χ1n) is 5.95. The van der Waals surface area contributed by atoms with Crippen LogP contribution in [0, 0.1) is 0 Å². The van der Waals surface area contributed by atoms with Gasteiger partial charge in [0.1, 0.15) is 5.82 Å². The minimum absolute atomic E-state index is 0.525. The Kier molecular flexibility index (Phi) is 2.74. The summed E-state index contributed by atoms with van der Waals surface area (Å²) in [7, 11) is 0. The fourth-order valence-corrected chi connectivity index (χ4v) is 2.83. The van der Waals surface area contributed by atoms with Crippen LogP contribution in [0.15, 0.2) is 28.7 Å². The summed E-state index contributed by atoms with van der Waals surface area (Å²) in [5.41, 5.74) is 1.13. The maximum absolute atomic E-state index is 4.35. The van der Waals surface area contributed by atoms with Crippen molar-refractivity contribution in [3.05, 3.63) is 34.6 Å². The second-order valence-corrected chi connectivity index (χ2v) is 5.50. The van der Waals surface area contributed by atoms with E-state index in [9.17, 15) is 0 Å². The molecule has 88 valence electrons. The van der Waals surface area contributed by atoms with Crippen LogP contribution in [0.4, 0.5) is 0 Å². The van der Waals surface area contributed by atoms with Gasteiger partial charge in [-0.1, -0.05) is 35.0 Å². The van der Waals surface area contributed by atoms with E-state index in [0.717, 1.165) is 28.2 Å². The number of rotatable bonds is 1. The van der Waals surface area contributed by atoms with Gasteiger partial charge in [0, 0.05) is 22.5 Å². The average Bonchev–Trinajstić information content (AvgIpc) is 2.74. The Morgan fingerprint density at radius 1 is 1.35 bits per heavy atom.